The lowest BCUT2D eigenvalue weighted by Crippen LogP contribution is -2.25. The second kappa shape index (κ2) is 8.65. The first-order valence-electron chi connectivity index (χ1n) is 11.5. The molecule has 0 unspecified atom stereocenters. The number of nitrogens with zero attached hydrogens (tertiary/aromatic N) is 3. The molecule has 0 atom stereocenters. The van der Waals surface area contributed by atoms with Crippen LogP contribution in [-0.2, 0) is 0 Å². The summed E-state index contributed by atoms with van der Waals surface area (Å²) in [5, 5.41) is 13.7. The molecule has 0 saturated heterocycles. The molecular weight excluding hydrogens is 486 g/mol. The van der Waals surface area contributed by atoms with Gasteiger partial charge < -0.3 is 16.6 Å². The smallest absolute Gasteiger partial charge is 0.355 e. The van der Waals surface area contributed by atoms with E-state index in [1.54, 1.807) is 42.5 Å². The molecule has 0 fully saturated rings. The van der Waals surface area contributed by atoms with E-state index in [4.69, 9.17) is 28.1 Å². The number of anilines is 2. The Bertz CT molecular complexity index is 1900. The predicted molar refractivity (Wildman–Crippen MR) is 149 cm³/mol. The van der Waals surface area contributed by atoms with E-state index in [0.29, 0.717) is 38.6 Å². The molecule has 0 aliphatic rings. The molecule has 4 aromatic carbocycles. The molecule has 37 heavy (non-hydrogen) atoms. The quantitative estimate of drug-likeness (QED) is 0.262. The van der Waals surface area contributed by atoms with Crippen LogP contribution >= 0.6 is 11.6 Å². The number of pyridine rings is 1. The number of nitrogen functional groups attached to an aromatic ring is 2. The molecule has 5 N–H and O–H groups in total. The Hall–Kier alpha value is -4.88. The van der Waals surface area contributed by atoms with Gasteiger partial charge in [0, 0.05) is 27.4 Å². The number of halogens is 1. The first kappa shape index (κ1) is 22.6. The molecule has 6 rings (SSSR count). The van der Waals surface area contributed by atoms with Crippen molar-refractivity contribution in [3.63, 3.8) is 0 Å². The van der Waals surface area contributed by atoms with Crippen LogP contribution in [0.5, 0.6) is 5.75 Å². The Labute approximate surface area is 216 Å². The molecule has 0 aliphatic carbocycles. The number of hydrogen-bond acceptors (Lipinski definition) is 6. The van der Waals surface area contributed by atoms with Crippen LogP contribution in [0.3, 0.4) is 0 Å². The van der Waals surface area contributed by atoms with E-state index in [0.717, 1.165) is 16.3 Å². The van der Waals surface area contributed by atoms with E-state index < -0.39 is 5.69 Å². The number of hydrogen-bond donors (Lipinski definition) is 3. The zero-order valence-electron chi connectivity index (χ0n) is 19.4. The van der Waals surface area contributed by atoms with Crippen molar-refractivity contribution in [1.82, 2.24) is 14.5 Å². The van der Waals surface area contributed by atoms with E-state index >= 15 is 0 Å². The third-order valence-corrected chi connectivity index (χ3v) is 6.57. The number of rotatable bonds is 3. The Morgan fingerprint density at radius 2 is 1.62 bits per heavy atom. The van der Waals surface area contributed by atoms with Crippen molar-refractivity contribution in [2.75, 3.05) is 11.5 Å². The summed E-state index contributed by atoms with van der Waals surface area (Å²) in [7, 11) is 0. The first-order chi connectivity index (χ1) is 17.9. The maximum Gasteiger partial charge on any atom is 0.355 e. The van der Waals surface area contributed by atoms with Gasteiger partial charge in [-0.1, -0.05) is 60.1 Å². The molecule has 0 spiro atoms. The van der Waals surface area contributed by atoms with E-state index in [9.17, 15) is 9.90 Å². The molecule has 2 heterocycles. The number of phenolic OH excluding ortho intramolecular Hbond substituents is 1. The van der Waals surface area contributed by atoms with Crippen molar-refractivity contribution in [2.45, 2.75) is 0 Å². The maximum absolute atomic E-state index is 13.2. The highest BCUT2D eigenvalue weighted by molar-refractivity contribution is 6.30. The molecule has 180 valence electrons. The van der Waals surface area contributed by atoms with Crippen LogP contribution in [0.15, 0.2) is 95.8 Å². The third-order valence-electron chi connectivity index (χ3n) is 6.34. The fourth-order valence-electron chi connectivity index (χ4n) is 4.63. The zero-order valence-corrected chi connectivity index (χ0v) is 20.1. The average Bonchev–Trinajstić information content (AvgIpc) is 2.88. The fraction of sp³-hybridized carbons (Fsp3) is 0. The topological polar surface area (TPSA) is 120 Å². The second-order valence-electron chi connectivity index (χ2n) is 8.65. The number of nitrogens with two attached hydrogens (primary N) is 2. The monoisotopic (exact) mass is 505 g/mol. The maximum atomic E-state index is 13.2. The average molecular weight is 506 g/mol. The summed E-state index contributed by atoms with van der Waals surface area (Å²) in [6, 6.07) is 27.1. The third kappa shape index (κ3) is 3.82. The van der Waals surface area contributed by atoms with Crippen molar-refractivity contribution >= 4 is 44.9 Å². The van der Waals surface area contributed by atoms with E-state index in [1.807, 2.05) is 48.5 Å². The molecule has 0 radical (unpaired) electrons. The van der Waals surface area contributed by atoms with Crippen molar-refractivity contribution in [1.29, 1.82) is 0 Å². The molecule has 0 bridgehead atoms. The van der Waals surface area contributed by atoms with Gasteiger partial charge in [-0.3, -0.25) is 0 Å². The molecule has 0 saturated carbocycles. The highest BCUT2D eigenvalue weighted by Crippen LogP contribution is 2.42. The summed E-state index contributed by atoms with van der Waals surface area (Å²) in [6.45, 7) is 0. The van der Waals surface area contributed by atoms with Crippen LogP contribution < -0.4 is 17.2 Å². The lowest BCUT2D eigenvalue weighted by Gasteiger charge is -2.17. The van der Waals surface area contributed by atoms with Crippen LogP contribution in [-0.4, -0.2) is 19.6 Å². The van der Waals surface area contributed by atoms with Crippen molar-refractivity contribution in [3.8, 4) is 33.8 Å². The Morgan fingerprint density at radius 1 is 0.838 bits per heavy atom. The standard InChI is InChI=1S/C29H20ClN5O2/c30-18-5-3-6-20(14-18)35-27(32)26-22(25-21-7-2-1-4-16(21)10-13-24(25)36)15-23(33-28(26)34-29(35)37)17-8-11-19(31)12-9-17/h1-15,36H,31-32H2. The second-order valence-corrected chi connectivity index (χ2v) is 9.09. The molecule has 0 aliphatic heterocycles. The fourth-order valence-corrected chi connectivity index (χ4v) is 4.81. The molecule has 0 amide bonds. The van der Waals surface area contributed by atoms with Gasteiger partial charge in [-0.2, -0.15) is 4.98 Å². The molecule has 6 aromatic rings. The molecular formula is C29H20ClN5O2. The number of benzene rings is 4. The highest BCUT2D eigenvalue weighted by Gasteiger charge is 2.21. The predicted octanol–water partition coefficient (Wildman–Crippen LogP) is 5.79. The Balaban J connectivity index is 1.77. The largest absolute Gasteiger partial charge is 0.507 e. The summed E-state index contributed by atoms with van der Waals surface area (Å²) in [5.74, 6) is 0.199. The van der Waals surface area contributed by atoms with Gasteiger partial charge in [0.15, 0.2) is 5.65 Å². The normalized spacial score (nSPS) is 11.3. The van der Waals surface area contributed by atoms with Crippen molar-refractivity contribution in [2.24, 2.45) is 0 Å². The number of phenols is 1. The summed E-state index contributed by atoms with van der Waals surface area (Å²) in [6.07, 6.45) is 0. The zero-order chi connectivity index (χ0) is 25.7. The molecule has 2 aromatic heterocycles. The summed E-state index contributed by atoms with van der Waals surface area (Å²) in [4.78, 5) is 22.2. The van der Waals surface area contributed by atoms with Crippen molar-refractivity contribution in [3.05, 3.63) is 107 Å². The van der Waals surface area contributed by atoms with Gasteiger partial charge in [-0.05, 0) is 53.2 Å². The number of aromatic hydroxyl groups is 1. The van der Waals surface area contributed by atoms with Crippen LogP contribution in [0.1, 0.15) is 0 Å². The van der Waals surface area contributed by atoms with E-state index in [-0.39, 0.29) is 17.2 Å². The lowest BCUT2D eigenvalue weighted by molar-refractivity contribution is 0.478. The lowest BCUT2D eigenvalue weighted by atomic mass is 9.94. The van der Waals surface area contributed by atoms with E-state index in [2.05, 4.69) is 4.98 Å². The van der Waals surface area contributed by atoms with Gasteiger partial charge in [-0.15, -0.1) is 0 Å². The summed E-state index contributed by atoms with van der Waals surface area (Å²) in [5.41, 5.74) is 15.7. The SMILES string of the molecule is Nc1ccc(-c2cc(-c3c(O)ccc4ccccc34)c3c(N)n(-c4cccc(Cl)c4)c(=O)nc3n2)cc1. The van der Waals surface area contributed by atoms with Crippen LogP contribution in [0, 0.1) is 0 Å². The van der Waals surface area contributed by atoms with Gasteiger partial charge in [0.25, 0.3) is 0 Å². The highest BCUT2D eigenvalue weighted by atomic mass is 35.5. The van der Waals surface area contributed by atoms with Gasteiger partial charge in [0.2, 0.25) is 0 Å². The number of fused-ring (bicyclic) bond motifs is 2. The van der Waals surface area contributed by atoms with Crippen LogP contribution in [0.4, 0.5) is 11.5 Å². The molecule has 7 nitrogen and oxygen atoms in total. The van der Waals surface area contributed by atoms with Gasteiger partial charge in [0.05, 0.1) is 16.8 Å². The Morgan fingerprint density at radius 3 is 2.41 bits per heavy atom. The van der Waals surface area contributed by atoms with E-state index in [1.165, 1.54) is 4.57 Å². The van der Waals surface area contributed by atoms with Gasteiger partial charge in [0.1, 0.15) is 11.6 Å². The van der Waals surface area contributed by atoms with Crippen molar-refractivity contribution < 1.29 is 5.11 Å². The van der Waals surface area contributed by atoms with Crippen LogP contribution in [0.25, 0.3) is 49.9 Å². The minimum Gasteiger partial charge on any atom is -0.507 e. The summed E-state index contributed by atoms with van der Waals surface area (Å²) < 4.78 is 1.30. The van der Waals surface area contributed by atoms with Gasteiger partial charge in [-0.25, -0.2) is 14.3 Å². The molecule has 8 heteroatoms. The number of aromatic nitrogens is 3. The minimum absolute atomic E-state index is 0.0642. The van der Waals surface area contributed by atoms with Crippen LogP contribution in [0.2, 0.25) is 5.02 Å². The van der Waals surface area contributed by atoms with Gasteiger partial charge >= 0.3 is 5.69 Å². The Kier molecular flexibility index (Phi) is 5.28. The summed E-state index contributed by atoms with van der Waals surface area (Å²) >= 11 is 6.20. The first-order valence-corrected chi connectivity index (χ1v) is 11.8. The minimum atomic E-state index is -0.595.